The average molecular weight is 320 g/mol. The van der Waals surface area contributed by atoms with Crippen molar-refractivity contribution in [1.29, 1.82) is 0 Å². The molecule has 5 heteroatoms. The molecule has 0 amide bonds. The van der Waals surface area contributed by atoms with E-state index in [1.807, 2.05) is 25.1 Å². The van der Waals surface area contributed by atoms with Crippen molar-refractivity contribution >= 4 is 11.9 Å². The fraction of sp³-hybridized carbons (Fsp3) is 0.556. The van der Waals surface area contributed by atoms with E-state index < -0.39 is 12.3 Å². The molecule has 2 rings (SSSR count). The molecule has 23 heavy (non-hydrogen) atoms. The fourth-order valence-corrected chi connectivity index (χ4v) is 2.84. The van der Waals surface area contributed by atoms with Gasteiger partial charge in [-0.2, -0.15) is 0 Å². The first-order valence-electron chi connectivity index (χ1n) is 7.99. The van der Waals surface area contributed by atoms with Gasteiger partial charge in [-0.05, 0) is 18.4 Å². The zero-order chi connectivity index (χ0) is 16.8. The molecule has 1 aliphatic rings. The minimum absolute atomic E-state index is 0.111. The summed E-state index contributed by atoms with van der Waals surface area (Å²) in [5.41, 5.74) is 1.22. The summed E-state index contributed by atoms with van der Waals surface area (Å²) in [6.45, 7) is 4.61. The van der Waals surface area contributed by atoms with Gasteiger partial charge in [-0.1, -0.05) is 37.3 Å². The quantitative estimate of drug-likeness (QED) is 0.781. The van der Waals surface area contributed by atoms with Gasteiger partial charge in [0.15, 0.2) is 0 Å². The number of ether oxygens (including phenoxy) is 3. The predicted octanol–water partition coefficient (Wildman–Crippen LogP) is 2.87. The van der Waals surface area contributed by atoms with Crippen LogP contribution in [0, 0.1) is 5.92 Å². The molecule has 1 aromatic carbocycles. The summed E-state index contributed by atoms with van der Waals surface area (Å²) in [7, 11) is 0. The third-order valence-electron chi connectivity index (χ3n) is 4.03. The second kappa shape index (κ2) is 8.11. The minimum atomic E-state index is -0.675. The molecule has 0 unspecified atom stereocenters. The topological polar surface area (TPSA) is 61.8 Å². The van der Waals surface area contributed by atoms with Crippen molar-refractivity contribution < 1.29 is 23.8 Å². The van der Waals surface area contributed by atoms with Crippen molar-refractivity contribution in [1.82, 2.24) is 0 Å². The Morgan fingerprint density at radius 3 is 2.39 bits per heavy atom. The normalized spacial score (nSPS) is 27.3. The van der Waals surface area contributed by atoms with Gasteiger partial charge in [-0.15, -0.1) is 0 Å². The second-order valence-electron chi connectivity index (χ2n) is 6.00. The molecule has 0 spiro atoms. The average Bonchev–Trinajstić information content (AvgIpc) is 2.49. The molecule has 4 atom stereocenters. The highest BCUT2D eigenvalue weighted by Crippen LogP contribution is 2.30. The summed E-state index contributed by atoms with van der Waals surface area (Å²) in [6, 6.07) is 10.1. The first kappa shape index (κ1) is 17.5. The molecule has 0 saturated carbocycles. The Labute approximate surface area is 136 Å². The summed E-state index contributed by atoms with van der Waals surface area (Å²) >= 11 is 0. The summed E-state index contributed by atoms with van der Waals surface area (Å²) in [5.74, 6) is -0.907. The Hall–Kier alpha value is -1.88. The molecule has 126 valence electrons. The van der Waals surface area contributed by atoms with Crippen LogP contribution in [-0.2, 0) is 30.2 Å². The number of rotatable bonds is 5. The van der Waals surface area contributed by atoms with Crippen LogP contribution in [0.2, 0.25) is 0 Å². The first-order chi connectivity index (χ1) is 11.0. The van der Waals surface area contributed by atoms with E-state index >= 15 is 0 Å². The predicted molar refractivity (Wildman–Crippen MR) is 84.5 cm³/mol. The van der Waals surface area contributed by atoms with Crippen molar-refractivity contribution in [3.63, 3.8) is 0 Å². The van der Waals surface area contributed by atoms with E-state index in [2.05, 4.69) is 12.1 Å². The molecule has 1 aliphatic heterocycles. The van der Waals surface area contributed by atoms with Crippen LogP contribution in [0.3, 0.4) is 0 Å². The lowest BCUT2D eigenvalue weighted by atomic mass is 9.92. The van der Waals surface area contributed by atoms with Gasteiger partial charge < -0.3 is 14.2 Å². The standard InChI is InChI=1S/C18H24O5/c1-12-17(21-13(2)19)11-16(23-18(12)22-14(3)20)10-9-15-7-5-4-6-8-15/h4-8,12,16-18H,9-11H2,1-3H3/t12-,16-,17+,18-/m1/s1. The zero-order valence-corrected chi connectivity index (χ0v) is 13.9. The molecule has 0 bridgehead atoms. The van der Waals surface area contributed by atoms with Crippen LogP contribution < -0.4 is 0 Å². The van der Waals surface area contributed by atoms with E-state index in [1.54, 1.807) is 0 Å². The summed E-state index contributed by atoms with van der Waals surface area (Å²) in [5, 5.41) is 0. The molecule has 1 aromatic rings. The Balaban J connectivity index is 2.00. The van der Waals surface area contributed by atoms with Gasteiger partial charge in [0.2, 0.25) is 6.29 Å². The van der Waals surface area contributed by atoms with Crippen LogP contribution in [0.5, 0.6) is 0 Å². The molecule has 1 fully saturated rings. The number of benzene rings is 1. The van der Waals surface area contributed by atoms with E-state index in [4.69, 9.17) is 14.2 Å². The molecule has 1 saturated heterocycles. The van der Waals surface area contributed by atoms with Gasteiger partial charge in [0, 0.05) is 20.3 Å². The third-order valence-corrected chi connectivity index (χ3v) is 4.03. The van der Waals surface area contributed by atoms with Gasteiger partial charge in [0.1, 0.15) is 6.10 Å². The van der Waals surface area contributed by atoms with Gasteiger partial charge in [-0.25, -0.2) is 0 Å². The Bertz CT molecular complexity index is 501. The number of carbonyl (C=O) groups is 2. The molecule has 0 aliphatic carbocycles. The first-order valence-corrected chi connectivity index (χ1v) is 7.99. The number of hydrogen-bond donors (Lipinski definition) is 0. The number of esters is 2. The monoisotopic (exact) mass is 320 g/mol. The molecule has 0 N–H and O–H groups in total. The molecular formula is C18H24O5. The van der Waals surface area contributed by atoms with Crippen molar-refractivity contribution in [2.45, 2.75) is 58.5 Å². The van der Waals surface area contributed by atoms with E-state index in [-0.39, 0.29) is 24.1 Å². The number of hydrogen-bond acceptors (Lipinski definition) is 5. The van der Waals surface area contributed by atoms with Crippen molar-refractivity contribution in [2.24, 2.45) is 5.92 Å². The highest BCUT2D eigenvalue weighted by atomic mass is 16.7. The van der Waals surface area contributed by atoms with Crippen LogP contribution in [0.15, 0.2) is 30.3 Å². The maximum atomic E-state index is 11.3. The molecular weight excluding hydrogens is 296 g/mol. The van der Waals surface area contributed by atoms with E-state index in [1.165, 1.54) is 19.4 Å². The van der Waals surface area contributed by atoms with Crippen LogP contribution in [-0.4, -0.2) is 30.4 Å². The summed E-state index contributed by atoms with van der Waals surface area (Å²) in [6.07, 6.45) is 1.18. The smallest absolute Gasteiger partial charge is 0.304 e. The lowest BCUT2D eigenvalue weighted by Crippen LogP contribution is -2.46. The molecule has 0 radical (unpaired) electrons. The van der Waals surface area contributed by atoms with E-state index in [0.717, 1.165) is 12.8 Å². The second-order valence-corrected chi connectivity index (χ2v) is 6.00. The van der Waals surface area contributed by atoms with Crippen LogP contribution in [0.25, 0.3) is 0 Å². The maximum absolute atomic E-state index is 11.3. The lowest BCUT2D eigenvalue weighted by Gasteiger charge is -2.39. The highest BCUT2D eigenvalue weighted by Gasteiger charge is 2.39. The van der Waals surface area contributed by atoms with Crippen molar-refractivity contribution in [3.05, 3.63) is 35.9 Å². The maximum Gasteiger partial charge on any atom is 0.304 e. The molecule has 1 heterocycles. The van der Waals surface area contributed by atoms with E-state index in [0.29, 0.717) is 6.42 Å². The molecule has 5 nitrogen and oxygen atoms in total. The summed E-state index contributed by atoms with van der Waals surface area (Å²) in [4.78, 5) is 22.6. The largest absolute Gasteiger partial charge is 0.462 e. The van der Waals surface area contributed by atoms with Crippen LogP contribution in [0.4, 0.5) is 0 Å². The summed E-state index contributed by atoms with van der Waals surface area (Å²) < 4.78 is 16.5. The Morgan fingerprint density at radius 2 is 1.78 bits per heavy atom. The Morgan fingerprint density at radius 1 is 1.13 bits per heavy atom. The van der Waals surface area contributed by atoms with Gasteiger partial charge in [-0.3, -0.25) is 9.59 Å². The van der Waals surface area contributed by atoms with Crippen LogP contribution >= 0.6 is 0 Å². The van der Waals surface area contributed by atoms with Gasteiger partial charge in [0.25, 0.3) is 0 Å². The third kappa shape index (κ3) is 5.36. The number of aryl methyl sites for hydroxylation is 1. The fourth-order valence-electron chi connectivity index (χ4n) is 2.84. The van der Waals surface area contributed by atoms with Crippen molar-refractivity contribution in [2.75, 3.05) is 0 Å². The SMILES string of the molecule is CC(=O)O[C@@H]1O[C@H](CCc2ccccc2)C[C@H](OC(C)=O)[C@H]1C. The lowest BCUT2D eigenvalue weighted by molar-refractivity contribution is -0.241. The van der Waals surface area contributed by atoms with Crippen LogP contribution in [0.1, 0.15) is 39.2 Å². The minimum Gasteiger partial charge on any atom is -0.462 e. The Kier molecular flexibility index (Phi) is 6.16. The molecule has 0 aromatic heterocycles. The number of carbonyl (C=O) groups excluding carboxylic acids is 2. The highest BCUT2D eigenvalue weighted by molar-refractivity contribution is 5.66. The van der Waals surface area contributed by atoms with E-state index in [9.17, 15) is 9.59 Å². The van der Waals surface area contributed by atoms with Crippen molar-refractivity contribution in [3.8, 4) is 0 Å². The van der Waals surface area contributed by atoms with Gasteiger partial charge >= 0.3 is 11.9 Å². The zero-order valence-electron chi connectivity index (χ0n) is 13.9. The van der Waals surface area contributed by atoms with Gasteiger partial charge in [0.05, 0.1) is 12.0 Å².